The Bertz CT molecular complexity index is 71.1. The molecule has 1 N–H and O–H groups in total. The van der Waals surface area contributed by atoms with Gasteiger partial charge in [0.25, 0.3) is 0 Å². The van der Waals surface area contributed by atoms with Gasteiger partial charge >= 0.3 is 0 Å². The van der Waals surface area contributed by atoms with Crippen molar-refractivity contribution in [2.75, 3.05) is 6.54 Å². The molecule has 0 amide bonds. The molecule has 0 fully saturated rings. The lowest BCUT2D eigenvalue weighted by Gasteiger charge is -2.15. The van der Waals surface area contributed by atoms with Crippen LogP contribution in [-0.4, -0.2) is 12.6 Å². The molecule has 1 heteroatoms. The standard InChI is InChI=1S/C9H21N/c1-5-8(3)7-9(4)10-6-2/h8-10H,5-7H2,1-4H3. The zero-order valence-corrected chi connectivity index (χ0v) is 7.78. The Morgan fingerprint density at radius 1 is 1.20 bits per heavy atom. The van der Waals surface area contributed by atoms with Crippen LogP contribution in [0, 0.1) is 5.92 Å². The van der Waals surface area contributed by atoms with E-state index in [4.69, 9.17) is 0 Å². The largest absolute Gasteiger partial charge is 0.315 e. The van der Waals surface area contributed by atoms with Crippen molar-refractivity contribution in [3.8, 4) is 0 Å². The lowest BCUT2D eigenvalue weighted by Crippen LogP contribution is -2.27. The summed E-state index contributed by atoms with van der Waals surface area (Å²) in [6.45, 7) is 10.1. The first-order valence-electron chi connectivity index (χ1n) is 4.44. The van der Waals surface area contributed by atoms with Gasteiger partial charge in [-0.05, 0) is 25.8 Å². The summed E-state index contributed by atoms with van der Waals surface area (Å²) in [5, 5.41) is 3.41. The molecule has 0 bridgehead atoms. The normalized spacial score (nSPS) is 16.8. The summed E-state index contributed by atoms with van der Waals surface area (Å²) in [6, 6.07) is 0.694. The molecule has 0 aromatic rings. The molecule has 0 saturated heterocycles. The maximum atomic E-state index is 3.41. The number of hydrogen-bond acceptors (Lipinski definition) is 1. The molecule has 0 aliphatic heterocycles. The highest BCUT2D eigenvalue weighted by molar-refractivity contribution is 4.62. The van der Waals surface area contributed by atoms with Crippen molar-refractivity contribution >= 4 is 0 Å². The van der Waals surface area contributed by atoms with E-state index in [0.29, 0.717) is 6.04 Å². The van der Waals surface area contributed by atoms with Crippen LogP contribution < -0.4 is 5.32 Å². The maximum absolute atomic E-state index is 3.41. The first-order valence-corrected chi connectivity index (χ1v) is 4.44. The van der Waals surface area contributed by atoms with Crippen molar-refractivity contribution in [3.05, 3.63) is 0 Å². The Morgan fingerprint density at radius 3 is 2.20 bits per heavy atom. The monoisotopic (exact) mass is 143 g/mol. The highest BCUT2D eigenvalue weighted by Crippen LogP contribution is 2.08. The average molecular weight is 143 g/mol. The van der Waals surface area contributed by atoms with Crippen LogP contribution in [-0.2, 0) is 0 Å². The second-order valence-electron chi connectivity index (χ2n) is 3.21. The van der Waals surface area contributed by atoms with E-state index in [1.165, 1.54) is 12.8 Å². The van der Waals surface area contributed by atoms with E-state index >= 15 is 0 Å². The zero-order chi connectivity index (χ0) is 7.98. The summed E-state index contributed by atoms with van der Waals surface area (Å²) >= 11 is 0. The Hall–Kier alpha value is -0.0400. The van der Waals surface area contributed by atoms with E-state index in [9.17, 15) is 0 Å². The Kier molecular flexibility index (Phi) is 5.70. The van der Waals surface area contributed by atoms with Crippen LogP contribution in [0.3, 0.4) is 0 Å². The third-order valence-electron chi connectivity index (χ3n) is 2.01. The SMILES string of the molecule is CCNC(C)CC(C)CC. The van der Waals surface area contributed by atoms with Gasteiger partial charge in [0.05, 0.1) is 0 Å². The van der Waals surface area contributed by atoms with E-state index < -0.39 is 0 Å². The van der Waals surface area contributed by atoms with Crippen molar-refractivity contribution in [2.24, 2.45) is 5.92 Å². The van der Waals surface area contributed by atoms with Crippen LogP contribution in [0.15, 0.2) is 0 Å². The topological polar surface area (TPSA) is 12.0 Å². The molecule has 0 spiro atoms. The van der Waals surface area contributed by atoms with E-state index in [0.717, 1.165) is 12.5 Å². The fourth-order valence-electron chi connectivity index (χ4n) is 1.20. The van der Waals surface area contributed by atoms with E-state index in [1.807, 2.05) is 0 Å². The molecule has 2 atom stereocenters. The van der Waals surface area contributed by atoms with Crippen molar-refractivity contribution in [3.63, 3.8) is 0 Å². The van der Waals surface area contributed by atoms with Gasteiger partial charge < -0.3 is 5.32 Å². The molecule has 62 valence electrons. The number of nitrogens with one attached hydrogen (secondary N) is 1. The predicted molar refractivity (Wildman–Crippen MR) is 47.2 cm³/mol. The number of hydrogen-bond donors (Lipinski definition) is 1. The van der Waals surface area contributed by atoms with Gasteiger partial charge in [-0.15, -0.1) is 0 Å². The summed E-state index contributed by atoms with van der Waals surface area (Å²) < 4.78 is 0. The highest BCUT2D eigenvalue weighted by Gasteiger charge is 2.04. The fraction of sp³-hybridized carbons (Fsp3) is 1.00. The van der Waals surface area contributed by atoms with Gasteiger partial charge in [-0.2, -0.15) is 0 Å². The third kappa shape index (κ3) is 4.80. The molecule has 0 aliphatic carbocycles. The summed E-state index contributed by atoms with van der Waals surface area (Å²) in [7, 11) is 0. The van der Waals surface area contributed by atoms with Gasteiger partial charge in [0, 0.05) is 6.04 Å². The summed E-state index contributed by atoms with van der Waals surface area (Å²) in [5.74, 6) is 0.869. The van der Waals surface area contributed by atoms with Crippen molar-refractivity contribution in [1.82, 2.24) is 5.32 Å². The maximum Gasteiger partial charge on any atom is 0.00411 e. The molecule has 2 unspecified atom stereocenters. The average Bonchev–Trinajstić information content (AvgIpc) is 1.88. The minimum Gasteiger partial charge on any atom is -0.315 e. The molecule has 0 aromatic heterocycles. The minimum absolute atomic E-state index is 0.694. The molecule has 0 heterocycles. The highest BCUT2D eigenvalue weighted by atomic mass is 14.9. The van der Waals surface area contributed by atoms with Gasteiger partial charge in [-0.3, -0.25) is 0 Å². The quantitative estimate of drug-likeness (QED) is 0.623. The molecule has 10 heavy (non-hydrogen) atoms. The second-order valence-corrected chi connectivity index (χ2v) is 3.21. The van der Waals surface area contributed by atoms with Gasteiger partial charge in [0.15, 0.2) is 0 Å². The first kappa shape index (κ1) is 9.96. The first-order chi connectivity index (χ1) is 4.70. The zero-order valence-electron chi connectivity index (χ0n) is 7.78. The van der Waals surface area contributed by atoms with Crippen molar-refractivity contribution in [2.45, 2.75) is 46.6 Å². The Morgan fingerprint density at radius 2 is 1.80 bits per heavy atom. The molecule has 0 saturated carbocycles. The van der Waals surface area contributed by atoms with E-state index in [1.54, 1.807) is 0 Å². The molecular formula is C9H21N. The summed E-state index contributed by atoms with van der Waals surface area (Å²) in [4.78, 5) is 0. The fourth-order valence-corrected chi connectivity index (χ4v) is 1.20. The summed E-state index contributed by atoms with van der Waals surface area (Å²) in [6.07, 6.45) is 2.61. The van der Waals surface area contributed by atoms with Crippen LogP contribution in [0.1, 0.15) is 40.5 Å². The van der Waals surface area contributed by atoms with Gasteiger partial charge in [0.1, 0.15) is 0 Å². The van der Waals surface area contributed by atoms with Crippen molar-refractivity contribution in [1.29, 1.82) is 0 Å². The second kappa shape index (κ2) is 5.72. The minimum atomic E-state index is 0.694. The van der Waals surface area contributed by atoms with Crippen LogP contribution >= 0.6 is 0 Å². The Labute approximate surface area is 65.2 Å². The van der Waals surface area contributed by atoms with Crippen molar-refractivity contribution < 1.29 is 0 Å². The lowest BCUT2D eigenvalue weighted by molar-refractivity contribution is 0.419. The van der Waals surface area contributed by atoms with Gasteiger partial charge in [0.2, 0.25) is 0 Å². The van der Waals surface area contributed by atoms with E-state index in [-0.39, 0.29) is 0 Å². The van der Waals surface area contributed by atoms with Crippen LogP contribution in [0.2, 0.25) is 0 Å². The smallest absolute Gasteiger partial charge is 0.00411 e. The third-order valence-corrected chi connectivity index (χ3v) is 2.01. The molecule has 1 nitrogen and oxygen atoms in total. The Balaban J connectivity index is 3.27. The molecule has 0 rings (SSSR count). The van der Waals surface area contributed by atoms with Crippen LogP contribution in [0.25, 0.3) is 0 Å². The summed E-state index contributed by atoms with van der Waals surface area (Å²) in [5.41, 5.74) is 0. The van der Waals surface area contributed by atoms with Crippen LogP contribution in [0.4, 0.5) is 0 Å². The lowest BCUT2D eigenvalue weighted by atomic mass is 10.0. The van der Waals surface area contributed by atoms with Gasteiger partial charge in [-0.25, -0.2) is 0 Å². The van der Waals surface area contributed by atoms with E-state index in [2.05, 4.69) is 33.0 Å². The predicted octanol–water partition coefficient (Wildman–Crippen LogP) is 2.42. The molecule has 0 radical (unpaired) electrons. The number of rotatable bonds is 5. The van der Waals surface area contributed by atoms with Crippen LogP contribution in [0.5, 0.6) is 0 Å². The molecule has 0 aliphatic rings. The molecule has 0 aromatic carbocycles. The van der Waals surface area contributed by atoms with Gasteiger partial charge in [-0.1, -0.05) is 27.2 Å². The molecular weight excluding hydrogens is 122 g/mol.